The van der Waals surface area contributed by atoms with Gasteiger partial charge in [-0.15, -0.1) is 0 Å². The maximum atomic E-state index is 7.12. The Balaban J connectivity index is 1.32. The van der Waals surface area contributed by atoms with Gasteiger partial charge >= 0.3 is 0 Å². The monoisotopic (exact) mass is 705 g/mol. The second-order valence-electron chi connectivity index (χ2n) is 13.9. The van der Waals surface area contributed by atoms with Gasteiger partial charge in [-0.1, -0.05) is 127 Å². The Kier molecular flexibility index (Phi) is 6.89. The second kappa shape index (κ2) is 11.7. The van der Waals surface area contributed by atoms with Crippen LogP contribution < -0.4 is 35.1 Å². The predicted octanol–water partition coefficient (Wildman–Crippen LogP) is 7.41. The Morgan fingerprint density at radius 1 is 0.538 bits per heavy atom. The topological polar surface area (TPSA) is 40.7 Å². The Labute approximate surface area is 304 Å². The van der Waals surface area contributed by atoms with Crippen LogP contribution in [0.3, 0.4) is 0 Å². The fourth-order valence-electron chi connectivity index (χ4n) is 8.30. The SMILES string of the molecule is C[Si]1(C)Oc2ccccc2Oc2c1cccc2[Si](c1ccccc1)(c1ccccc1)c1cccc(-n2c3ccccc3n3c4ccccc4nc23)c1. The van der Waals surface area contributed by atoms with Crippen LogP contribution in [0.4, 0.5) is 0 Å². The van der Waals surface area contributed by atoms with Crippen molar-refractivity contribution in [3.63, 3.8) is 0 Å². The molecule has 1 aliphatic heterocycles. The lowest BCUT2D eigenvalue weighted by atomic mass is 10.2. The van der Waals surface area contributed by atoms with E-state index in [0.717, 1.165) is 56.0 Å². The summed E-state index contributed by atoms with van der Waals surface area (Å²) in [6, 6.07) is 63.1. The van der Waals surface area contributed by atoms with E-state index in [-0.39, 0.29) is 0 Å². The second-order valence-corrected chi connectivity index (χ2v) is 21.5. The predicted molar refractivity (Wildman–Crippen MR) is 217 cm³/mol. The van der Waals surface area contributed by atoms with Crippen molar-refractivity contribution >= 4 is 70.2 Å². The average molecular weight is 706 g/mol. The molecule has 10 rings (SSSR count). The van der Waals surface area contributed by atoms with E-state index in [1.54, 1.807) is 0 Å². The van der Waals surface area contributed by atoms with Crippen molar-refractivity contribution in [2.24, 2.45) is 0 Å². The van der Waals surface area contributed by atoms with Gasteiger partial charge in [0.2, 0.25) is 5.78 Å². The van der Waals surface area contributed by atoms with E-state index in [2.05, 4.69) is 174 Å². The molecule has 0 unspecified atom stereocenters. The normalized spacial score (nSPS) is 13.7. The zero-order valence-corrected chi connectivity index (χ0v) is 30.9. The van der Waals surface area contributed by atoms with Gasteiger partial charge in [0.1, 0.15) is 11.5 Å². The van der Waals surface area contributed by atoms with Gasteiger partial charge in [0.15, 0.2) is 13.8 Å². The molecular formula is C45H35N3O2Si2. The summed E-state index contributed by atoms with van der Waals surface area (Å²) < 4.78 is 18.6. The summed E-state index contributed by atoms with van der Waals surface area (Å²) >= 11 is 0. The van der Waals surface area contributed by atoms with Crippen molar-refractivity contribution in [1.82, 2.24) is 14.0 Å². The van der Waals surface area contributed by atoms with Crippen LogP contribution in [0.1, 0.15) is 0 Å². The number of nitrogens with zero attached hydrogens (tertiary/aromatic N) is 3. The van der Waals surface area contributed by atoms with E-state index in [9.17, 15) is 0 Å². The molecule has 0 aliphatic carbocycles. The molecule has 0 N–H and O–H groups in total. The first-order valence-corrected chi connectivity index (χ1v) is 22.6. The summed E-state index contributed by atoms with van der Waals surface area (Å²) in [5, 5.41) is 6.17. The Morgan fingerprint density at radius 2 is 1.13 bits per heavy atom. The van der Waals surface area contributed by atoms with Crippen molar-refractivity contribution in [3.8, 4) is 22.9 Å². The van der Waals surface area contributed by atoms with E-state index in [1.165, 1.54) is 20.7 Å². The maximum Gasteiger partial charge on any atom is 0.280 e. The minimum atomic E-state index is -3.09. The molecule has 0 radical (unpaired) electrons. The van der Waals surface area contributed by atoms with Crippen molar-refractivity contribution in [1.29, 1.82) is 0 Å². The molecule has 250 valence electrons. The van der Waals surface area contributed by atoms with E-state index in [0.29, 0.717) is 0 Å². The molecule has 0 fully saturated rings. The highest BCUT2D eigenvalue weighted by atomic mass is 28.4. The molecule has 9 aromatic rings. The minimum absolute atomic E-state index is 0.750. The van der Waals surface area contributed by atoms with Gasteiger partial charge < -0.3 is 9.16 Å². The largest absolute Gasteiger partial charge is 0.537 e. The van der Waals surface area contributed by atoms with E-state index < -0.39 is 16.4 Å². The number of hydrogen-bond donors (Lipinski definition) is 0. The molecule has 0 spiro atoms. The van der Waals surface area contributed by atoms with E-state index in [4.69, 9.17) is 14.1 Å². The lowest BCUT2D eigenvalue weighted by Crippen LogP contribution is -2.75. The fourth-order valence-corrected chi connectivity index (χ4v) is 15.4. The molecule has 1 aliphatic rings. The molecule has 0 saturated carbocycles. The third-order valence-corrected chi connectivity index (χ3v) is 17.8. The molecule has 52 heavy (non-hydrogen) atoms. The summed E-state index contributed by atoms with van der Waals surface area (Å²) in [5.41, 5.74) is 5.37. The summed E-state index contributed by atoms with van der Waals surface area (Å²) in [6.45, 7) is 4.54. The lowest BCUT2D eigenvalue weighted by Gasteiger charge is -2.36. The first kappa shape index (κ1) is 30.6. The Bertz CT molecular complexity index is 2750. The maximum absolute atomic E-state index is 7.12. The third-order valence-electron chi connectivity index (χ3n) is 10.6. The number of ether oxygens (including phenoxy) is 1. The molecule has 5 nitrogen and oxygen atoms in total. The lowest BCUT2D eigenvalue weighted by molar-refractivity contribution is 0.464. The minimum Gasteiger partial charge on any atom is -0.537 e. The number of imidazole rings is 2. The van der Waals surface area contributed by atoms with Crippen molar-refractivity contribution in [2.45, 2.75) is 13.1 Å². The van der Waals surface area contributed by atoms with Gasteiger partial charge in [-0.05, 0) is 82.4 Å². The fraction of sp³-hybridized carbons (Fsp3) is 0.0444. The molecule has 7 heteroatoms. The zero-order chi connectivity index (χ0) is 34.9. The van der Waals surface area contributed by atoms with Crippen LogP contribution in [0.15, 0.2) is 176 Å². The van der Waals surface area contributed by atoms with E-state index in [1.807, 2.05) is 24.3 Å². The summed E-state index contributed by atoms with van der Waals surface area (Å²) in [6.07, 6.45) is 0. The van der Waals surface area contributed by atoms with Crippen LogP contribution >= 0.6 is 0 Å². The molecule has 0 amide bonds. The van der Waals surface area contributed by atoms with Crippen LogP contribution in [-0.4, -0.2) is 30.3 Å². The molecule has 0 bridgehead atoms. The molecule has 3 heterocycles. The summed E-state index contributed by atoms with van der Waals surface area (Å²) in [4.78, 5) is 5.21. The molecule has 0 saturated heterocycles. The third kappa shape index (κ3) is 4.49. The van der Waals surface area contributed by atoms with Gasteiger partial charge in [-0.2, -0.15) is 0 Å². The molecule has 0 atom stereocenters. The van der Waals surface area contributed by atoms with Gasteiger partial charge in [-0.25, -0.2) is 4.98 Å². The molecule has 7 aromatic carbocycles. The van der Waals surface area contributed by atoms with Crippen molar-refractivity contribution in [2.75, 3.05) is 0 Å². The van der Waals surface area contributed by atoms with Crippen molar-refractivity contribution in [3.05, 3.63) is 176 Å². The Morgan fingerprint density at radius 3 is 1.88 bits per heavy atom. The van der Waals surface area contributed by atoms with Crippen LogP contribution in [-0.2, 0) is 0 Å². The molecular weight excluding hydrogens is 671 g/mol. The van der Waals surface area contributed by atoms with Gasteiger partial charge in [0, 0.05) is 10.9 Å². The highest BCUT2D eigenvalue weighted by Gasteiger charge is 2.47. The number of para-hydroxylation sites is 7. The zero-order valence-electron chi connectivity index (χ0n) is 28.9. The standard InChI is InChI=1S/C45H35N3O2Si2/c1-51(2)42-29-16-30-43(44(42)49-40-27-13-14-28-41(40)50-51)52(33-18-5-3-6-19-33,34-20-7-4-8-21-34)35-22-15-17-32(31-35)47-38-25-11-12-26-39(38)48-37-24-10-9-23-36(37)46-45(47)48/h3-31H,1-2H3. The molecule has 2 aromatic heterocycles. The van der Waals surface area contributed by atoms with Crippen LogP contribution in [0, 0.1) is 0 Å². The number of benzene rings is 7. The van der Waals surface area contributed by atoms with Crippen LogP contribution in [0.2, 0.25) is 13.1 Å². The van der Waals surface area contributed by atoms with Crippen molar-refractivity contribution < 1.29 is 9.16 Å². The summed E-state index contributed by atoms with van der Waals surface area (Å²) in [7, 11) is -5.57. The van der Waals surface area contributed by atoms with Crippen LogP contribution in [0.5, 0.6) is 17.2 Å². The smallest absolute Gasteiger partial charge is 0.280 e. The Hall–Kier alpha value is -6.16. The quantitative estimate of drug-likeness (QED) is 0.139. The first-order valence-electron chi connectivity index (χ1n) is 17.7. The average Bonchev–Trinajstić information content (AvgIpc) is 3.68. The highest BCUT2D eigenvalue weighted by Crippen LogP contribution is 2.37. The van der Waals surface area contributed by atoms with Gasteiger partial charge in [0.25, 0.3) is 8.32 Å². The number of rotatable bonds is 5. The van der Waals surface area contributed by atoms with Gasteiger partial charge in [-0.3, -0.25) is 8.97 Å². The van der Waals surface area contributed by atoms with E-state index >= 15 is 0 Å². The van der Waals surface area contributed by atoms with Gasteiger partial charge in [0.05, 0.1) is 22.1 Å². The summed E-state index contributed by atoms with van der Waals surface area (Å²) in [5.74, 6) is 3.36. The number of hydrogen-bond acceptors (Lipinski definition) is 3. The van der Waals surface area contributed by atoms with Crippen LogP contribution in [0.25, 0.3) is 33.5 Å². The number of fused-ring (bicyclic) bond motifs is 7. The first-order chi connectivity index (χ1) is 25.5. The highest BCUT2D eigenvalue weighted by molar-refractivity contribution is 7.20. The number of aromatic nitrogens is 3.